The molecule has 1 rings (SSSR count). The molecule has 0 amide bonds. The minimum Gasteiger partial charge on any atom is -0.379 e. The Labute approximate surface area is 74.6 Å². The first-order valence-electron chi connectivity index (χ1n) is 4.78. The van der Waals surface area contributed by atoms with Gasteiger partial charge in [0.25, 0.3) is 0 Å². The van der Waals surface area contributed by atoms with Crippen molar-refractivity contribution in [2.24, 2.45) is 0 Å². The van der Waals surface area contributed by atoms with Crippen molar-refractivity contribution >= 4 is 0 Å². The zero-order valence-electron chi connectivity index (χ0n) is 8.08. The van der Waals surface area contributed by atoms with E-state index in [2.05, 4.69) is 18.7 Å². The first kappa shape index (κ1) is 9.96. The Balaban J connectivity index is 2.15. The van der Waals surface area contributed by atoms with E-state index in [1.807, 2.05) is 0 Å². The molecule has 1 atom stereocenters. The molecule has 0 bridgehead atoms. The molecule has 3 nitrogen and oxygen atoms in total. The number of hydrogen-bond donors (Lipinski definition) is 0. The van der Waals surface area contributed by atoms with Crippen LogP contribution in [0.5, 0.6) is 0 Å². The Morgan fingerprint density at radius 3 is 2.67 bits per heavy atom. The first-order valence-corrected chi connectivity index (χ1v) is 4.78. The molecule has 1 aliphatic heterocycles. The van der Waals surface area contributed by atoms with Crippen molar-refractivity contribution in [3.05, 3.63) is 0 Å². The second-order valence-corrected chi connectivity index (χ2v) is 3.12. The van der Waals surface area contributed by atoms with Gasteiger partial charge in [-0.25, -0.2) is 0 Å². The van der Waals surface area contributed by atoms with Crippen molar-refractivity contribution in [3.8, 4) is 0 Å². The monoisotopic (exact) mass is 173 g/mol. The lowest BCUT2D eigenvalue weighted by molar-refractivity contribution is -0.0863. The van der Waals surface area contributed by atoms with Crippen molar-refractivity contribution in [1.29, 1.82) is 0 Å². The van der Waals surface area contributed by atoms with E-state index in [1.54, 1.807) is 0 Å². The molecule has 1 saturated heterocycles. The van der Waals surface area contributed by atoms with Crippen LogP contribution in [0.4, 0.5) is 0 Å². The fraction of sp³-hybridized carbons (Fsp3) is 1.00. The van der Waals surface area contributed by atoms with Crippen LogP contribution in [0.15, 0.2) is 0 Å². The predicted molar refractivity (Wildman–Crippen MR) is 48.1 cm³/mol. The highest BCUT2D eigenvalue weighted by Crippen LogP contribution is 2.04. The summed E-state index contributed by atoms with van der Waals surface area (Å²) in [5.41, 5.74) is 0. The first-order chi connectivity index (χ1) is 5.84. The molecule has 12 heavy (non-hydrogen) atoms. The van der Waals surface area contributed by atoms with Gasteiger partial charge in [0.05, 0.1) is 13.2 Å². The number of hydrogen-bond acceptors (Lipinski definition) is 3. The van der Waals surface area contributed by atoms with Gasteiger partial charge in [0.1, 0.15) is 6.23 Å². The molecule has 0 spiro atoms. The number of ether oxygens (including phenoxy) is 2. The van der Waals surface area contributed by atoms with Crippen LogP contribution in [0.2, 0.25) is 0 Å². The second kappa shape index (κ2) is 5.51. The average molecular weight is 173 g/mol. The molecule has 0 aliphatic carbocycles. The number of nitrogens with zero attached hydrogens (tertiary/aromatic N) is 1. The maximum Gasteiger partial charge on any atom is 0.107 e. The summed E-state index contributed by atoms with van der Waals surface area (Å²) in [5, 5.41) is 0. The van der Waals surface area contributed by atoms with Gasteiger partial charge in [-0.1, -0.05) is 6.92 Å². The van der Waals surface area contributed by atoms with Crippen LogP contribution in [0, 0.1) is 0 Å². The summed E-state index contributed by atoms with van der Waals surface area (Å²) >= 11 is 0. The van der Waals surface area contributed by atoms with Gasteiger partial charge >= 0.3 is 0 Å². The molecule has 1 unspecified atom stereocenters. The van der Waals surface area contributed by atoms with Crippen molar-refractivity contribution in [3.63, 3.8) is 0 Å². The minimum absolute atomic E-state index is 0.258. The number of rotatable bonds is 4. The van der Waals surface area contributed by atoms with Crippen LogP contribution in [-0.4, -0.2) is 44.0 Å². The summed E-state index contributed by atoms with van der Waals surface area (Å²) in [5.74, 6) is 0. The molecule has 0 aromatic carbocycles. The van der Waals surface area contributed by atoms with Crippen molar-refractivity contribution in [1.82, 2.24) is 4.90 Å². The summed E-state index contributed by atoms with van der Waals surface area (Å²) in [6.07, 6.45) is 1.35. The van der Waals surface area contributed by atoms with E-state index in [0.29, 0.717) is 0 Å². The lowest BCUT2D eigenvalue weighted by atomic mass is 10.4. The van der Waals surface area contributed by atoms with Crippen LogP contribution in [0.1, 0.15) is 20.3 Å². The Morgan fingerprint density at radius 1 is 1.42 bits per heavy atom. The van der Waals surface area contributed by atoms with Crippen molar-refractivity contribution in [2.75, 3.05) is 32.9 Å². The molecular formula is C9H19NO2. The van der Waals surface area contributed by atoms with Gasteiger partial charge in [0.15, 0.2) is 0 Å². The quantitative estimate of drug-likeness (QED) is 0.635. The lowest BCUT2D eigenvalue weighted by Gasteiger charge is -2.31. The predicted octanol–water partition coefficient (Wildman–Crippen LogP) is 1.09. The molecule has 1 aliphatic rings. The van der Waals surface area contributed by atoms with Crippen LogP contribution >= 0.6 is 0 Å². The molecule has 0 radical (unpaired) electrons. The lowest BCUT2D eigenvalue weighted by Crippen LogP contribution is -2.43. The molecule has 1 heterocycles. The summed E-state index contributed by atoms with van der Waals surface area (Å²) in [4.78, 5) is 2.32. The Morgan fingerprint density at radius 2 is 2.08 bits per heavy atom. The maximum atomic E-state index is 5.60. The van der Waals surface area contributed by atoms with Crippen LogP contribution in [-0.2, 0) is 9.47 Å². The van der Waals surface area contributed by atoms with E-state index in [4.69, 9.17) is 9.47 Å². The Kier molecular flexibility index (Phi) is 4.58. The molecular weight excluding hydrogens is 154 g/mol. The molecule has 0 saturated carbocycles. The van der Waals surface area contributed by atoms with Crippen LogP contribution in [0.25, 0.3) is 0 Å². The third-order valence-corrected chi connectivity index (χ3v) is 2.12. The van der Waals surface area contributed by atoms with Gasteiger partial charge in [-0.3, -0.25) is 4.90 Å². The fourth-order valence-corrected chi connectivity index (χ4v) is 1.33. The maximum absolute atomic E-state index is 5.60. The smallest absolute Gasteiger partial charge is 0.107 e. The van der Waals surface area contributed by atoms with E-state index >= 15 is 0 Å². The Hall–Kier alpha value is -0.120. The number of morpholine rings is 1. The van der Waals surface area contributed by atoms with Gasteiger partial charge in [0, 0.05) is 19.7 Å². The third kappa shape index (κ3) is 3.09. The minimum atomic E-state index is 0.258. The van der Waals surface area contributed by atoms with Gasteiger partial charge in [-0.15, -0.1) is 0 Å². The Bertz CT molecular complexity index is 113. The standard InChI is InChI=1S/C9H19NO2/c1-3-6-12-9(2)10-4-7-11-8-5-10/h9H,3-8H2,1-2H3. The van der Waals surface area contributed by atoms with Crippen LogP contribution in [0.3, 0.4) is 0 Å². The topological polar surface area (TPSA) is 21.7 Å². The van der Waals surface area contributed by atoms with Gasteiger partial charge < -0.3 is 9.47 Å². The summed E-state index contributed by atoms with van der Waals surface area (Å²) in [7, 11) is 0. The van der Waals surface area contributed by atoms with E-state index in [0.717, 1.165) is 39.3 Å². The SMILES string of the molecule is CCCOC(C)N1CCOCC1. The molecule has 1 fully saturated rings. The molecule has 0 aromatic heterocycles. The zero-order valence-corrected chi connectivity index (χ0v) is 8.08. The van der Waals surface area contributed by atoms with E-state index in [9.17, 15) is 0 Å². The van der Waals surface area contributed by atoms with Crippen LogP contribution < -0.4 is 0 Å². The van der Waals surface area contributed by atoms with E-state index < -0.39 is 0 Å². The van der Waals surface area contributed by atoms with Gasteiger partial charge in [-0.05, 0) is 13.3 Å². The largest absolute Gasteiger partial charge is 0.379 e. The van der Waals surface area contributed by atoms with Crippen molar-refractivity contribution in [2.45, 2.75) is 26.5 Å². The summed E-state index contributed by atoms with van der Waals surface area (Å²) < 4.78 is 10.9. The highest BCUT2D eigenvalue weighted by Gasteiger charge is 2.16. The zero-order chi connectivity index (χ0) is 8.81. The highest BCUT2D eigenvalue weighted by molar-refractivity contribution is 4.62. The third-order valence-electron chi connectivity index (χ3n) is 2.12. The highest BCUT2D eigenvalue weighted by atomic mass is 16.5. The van der Waals surface area contributed by atoms with E-state index in [-0.39, 0.29) is 6.23 Å². The van der Waals surface area contributed by atoms with Gasteiger partial charge in [0.2, 0.25) is 0 Å². The summed E-state index contributed by atoms with van der Waals surface area (Å²) in [6, 6.07) is 0. The average Bonchev–Trinajstić information content (AvgIpc) is 2.15. The summed E-state index contributed by atoms with van der Waals surface area (Å²) in [6.45, 7) is 8.81. The second-order valence-electron chi connectivity index (χ2n) is 3.12. The van der Waals surface area contributed by atoms with E-state index in [1.165, 1.54) is 0 Å². The molecule has 0 N–H and O–H groups in total. The molecule has 0 aromatic rings. The normalized spacial score (nSPS) is 22.5. The van der Waals surface area contributed by atoms with Gasteiger partial charge in [-0.2, -0.15) is 0 Å². The van der Waals surface area contributed by atoms with Crippen molar-refractivity contribution < 1.29 is 9.47 Å². The fourth-order valence-electron chi connectivity index (χ4n) is 1.33. The molecule has 3 heteroatoms. The molecule has 72 valence electrons.